The second-order valence-corrected chi connectivity index (χ2v) is 5.30. The molecule has 1 N–H and O–H groups in total. The number of carboxylic acid groups (broad SMARTS) is 1. The van der Waals surface area contributed by atoms with Crippen LogP contribution >= 0.6 is 0 Å². The van der Waals surface area contributed by atoms with Crippen LogP contribution in [0.2, 0.25) is 0 Å². The molecule has 5 nitrogen and oxygen atoms in total. The summed E-state index contributed by atoms with van der Waals surface area (Å²) in [6.45, 7) is 5.94. The Labute approximate surface area is 113 Å². The van der Waals surface area contributed by atoms with Gasteiger partial charge in [-0.25, -0.2) is 0 Å². The summed E-state index contributed by atoms with van der Waals surface area (Å²) in [5.74, 6) is -0.444. The molecule has 104 valence electrons. The minimum atomic E-state index is -0.699. The normalized spacial score (nSPS) is 22.1. The number of aryl methyl sites for hydroxylation is 1. The summed E-state index contributed by atoms with van der Waals surface area (Å²) in [6.07, 6.45) is 5.76. The van der Waals surface area contributed by atoms with Gasteiger partial charge in [-0.2, -0.15) is 0 Å². The molecule has 2 heterocycles. The van der Waals surface area contributed by atoms with Crippen molar-refractivity contribution in [3.63, 3.8) is 0 Å². The van der Waals surface area contributed by atoms with E-state index in [1.165, 1.54) is 0 Å². The molecule has 1 fully saturated rings. The molecule has 0 amide bonds. The summed E-state index contributed by atoms with van der Waals surface area (Å²) in [5.41, 5.74) is 1.95. The predicted molar refractivity (Wildman–Crippen MR) is 71.7 cm³/mol. The topological polar surface area (TPSA) is 66.3 Å². The number of aromatic nitrogens is 2. The molecule has 0 saturated carbocycles. The van der Waals surface area contributed by atoms with E-state index in [4.69, 9.17) is 5.11 Å². The second-order valence-electron chi connectivity index (χ2n) is 5.30. The van der Waals surface area contributed by atoms with Crippen LogP contribution in [0, 0.1) is 12.8 Å². The van der Waals surface area contributed by atoms with E-state index in [1.54, 1.807) is 12.4 Å². The molecule has 0 spiro atoms. The van der Waals surface area contributed by atoms with Crippen molar-refractivity contribution < 1.29 is 9.90 Å². The van der Waals surface area contributed by atoms with E-state index in [0.717, 1.165) is 37.3 Å². The van der Waals surface area contributed by atoms with Crippen LogP contribution in [0.3, 0.4) is 0 Å². The van der Waals surface area contributed by atoms with Crippen molar-refractivity contribution in [1.82, 2.24) is 14.9 Å². The maximum Gasteiger partial charge on any atom is 0.303 e. The SMILES string of the molecule is Cc1nccnc1C(C)N1CCCC(CC(=O)O)C1. The van der Waals surface area contributed by atoms with Crippen LogP contribution in [0.5, 0.6) is 0 Å². The van der Waals surface area contributed by atoms with Crippen molar-refractivity contribution in [2.75, 3.05) is 13.1 Å². The standard InChI is InChI=1S/C14H21N3O2/c1-10-14(16-6-5-15-10)11(2)17-7-3-4-12(9-17)8-13(18)19/h5-6,11-12H,3-4,7-9H2,1-2H3,(H,18,19). The third-order valence-electron chi connectivity index (χ3n) is 3.88. The van der Waals surface area contributed by atoms with Crippen molar-refractivity contribution >= 4 is 5.97 Å². The summed E-state index contributed by atoms with van der Waals surface area (Å²) in [5, 5.41) is 8.91. The Kier molecular flexibility index (Phi) is 4.47. The minimum absolute atomic E-state index is 0.199. The number of likely N-dealkylation sites (tertiary alicyclic amines) is 1. The van der Waals surface area contributed by atoms with Crippen molar-refractivity contribution in [3.8, 4) is 0 Å². The lowest BCUT2D eigenvalue weighted by molar-refractivity contribution is -0.138. The van der Waals surface area contributed by atoms with E-state index in [-0.39, 0.29) is 18.4 Å². The zero-order valence-electron chi connectivity index (χ0n) is 11.5. The number of carbonyl (C=O) groups is 1. The maximum atomic E-state index is 10.8. The highest BCUT2D eigenvalue weighted by molar-refractivity contribution is 5.67. The van der Waals surface area contributed by atoms with Gasteiger partial charge in [0, 0.05) is 25.4 Å². The predicted octanol–water partition coefficient (Wildman–Crippen LogP) is 2.03. The number of piperidine rings is 1. The first-order chi connectivity index (χ1) is 9.08. The molecule has 0 aromatic carbocycles. The Hall–Kier alpha value is -1.49. The minimum Gasteiger partial charge on any atom is -0.481 e. The van der Waals surface area contributed by atoms with Crippen LogP contribution in [-0.2, 0) is 4.79 Å². The summed E-state index contributed by atoms with van der Waals surface area (Å²) in [7, 11) is 0. The van der Waals surface area contributed by atoms with Crippen LogP contribution < -0.4 is 0 Å². The van der Waals surface area contributed by atoms with Gasteiger partial charge in [0.1, 0.15) is 0 Å². The molecule has 0 radical (unpaired) electrons. The Morgan fingerprint density at radius 3 is 2.95 bits per heavy atom. The lowest BCUT2D eigenvalue weighted by Crippen LogP contribution is -2.38. The van der Waals surface area contributed by atoms with Crippen molar-refractivity contribution in [2.45, 2.75) is 39.2 Å². The molecule has 0 aliphatic carbocycles. The Bertz CT molecular complexity index is 450. The van der Waals surface area contributed by atoms with Gasteiger partial charge in [-0.1, -0.05) is 0 Å². The molecule has 1 aromatic rings. The second kappa shape index (κ2) is 6.10. The first-order valence-corrected chi connectivity index (χ1v) is 6.81. The van der Waals surface area contributed by atoms with E-state index < -0.39 is 5.97 Å². The summed E-state index contributed by atoms with van der Waals surface area (Å²) >= 11 is 0. The van der Waals surface area contributed by atoms with Gasteiger partial charge in [-0.3, -0.25) is 19.7 Å². The fourth-order valence-electron chi connectivity index (χ4n) is 2.86. The molecule has 19 heavy (non-hydrogen) atoms. The van der Waals surface area contributed by atoms with Gasteiger partial charge in [0.15, 0.2) is 0 Å². The summed E-state index contributed by atoms with van der Waals surface area (Å²) in [6, 6.07) is 0.199. The van der Waals surface area contributed by atoms with Gasteiger partial charge in [0.25, 0.3) is 0 Å². The molecular formula is C14H21N3O2. The average Bonchev–Trinajstić information content (AvgIpc) is 2.38. The maximum absolute atomic E-state index is 10.8. The first-order valence-electron chi connectivity index (χ1n) is 6.81. The number of carboxylic acids is 1. The fraction of sp³-hybridized carbons (Fsp3) is 0.643. The Morgan fingerprint density at radius 2 is 2.26 bits per heavy atom. The van der Waals surface area contributed by atoms with Gasteiger partial charge in [-0.15, -0.1) is 0 Å². The molecular weight excluding hydrogens is 242 g/mol. The van der Waals surface area contributed by atoms with Gasteiger partial charge < -0.3 is 5.11 Å². The van der Waals surface area contributed by atoms with Gasteiger partial charge in [0.2, 0.25) is 0 Å². The molecule has 0 bridgehead atoms. The molecule has 2 unspecified atom stereocenters. The summed E-state index contributed by atoms with van der Waals surface area (Å²) < 4.78 is 0. The van der Waals surface area contributed by atoms with Gasteiger partial charge >= 0.3 is 5.97 Å². The number of aliphatic carboxylic acids is 1. The number of rotatable bonds is 4. The quantitative estimate of drug-likeness (QED) is 0.900. The van der Waals surface area contributed by atoms with Crippen LogP contribution in [0.4, 0.5) is 0 Å². The zero-order valence-corrected chi connectivity index (χ0v) is 11.5. The lowest BCUT2D eigenvalue weighted by Gasteiger charge is -2.36. The molecule has 1 aliphatic rings. The number of nitrogens with zero attached hydrogens (tertiary/aromatic N) is 3. The van der Waals surface area contributed by atoms with Crippen LogP contribution in [0.25, 0.3) is 0 Å². The molecule has 1 aliphatic heterocycles. The van der Waals surface area contributed by atoms with E-state index in [1.807, 2.05) is 6.92 Å². The number of hydrogen-bond acceptors (Lipinski definition) is 4. The Morgan fingerprint density at radius 1 is 1.53 bits per heavy atom. The molecule has 2 rings (SSSR count). The van der Waals surface area contributed by atoms with Crippen LogP contribution in [0.15, 0.2) is 12.4 Å². The van der Waals surface area contributed by atoms with Crippen molar-refractivity contribution in [2.24, 2.45) is 5.92 Å². The van der Waals surface area contributed by atoms with Gasteiger partial charge in [0.05, 0.1) is 17.4 Å². The van der Waals surface area contributed by atoms with E-state index >= 15 is 0 Å². The molecule has 1 saturated heterocycles. The Balaban J connectivity index is 2.05. The van der Waals surface area contributed by atoms with Crippen LogP contribution in [0.1, 0.15) is 43.6 Å². The third-order valence-corrected chi connectivity index (χ3v) is 3.88. The molecule has 1 aromatic heterocycles. The van der Waals surface area contributed by atoms with E-state index in [2.05, 4.69) is 21.8 Å². The van der Waals surface area contributed by atoms with E-state index in [0.29, 0.717) is 0 Å². The van der Waals surface area contributed by atoms with Crippen molar-refractivity contribution in [1.29, 1.82) is 0 Å². The lowest BCUT2D eigenvalue weighted by atomic mass is 9.93. The zero-order chi connectivity index (χ0) is 13.8. The van der Waals surface area contributed by atoms with Crippen molar-refractivity contribution in [3.05, 3.63) is 23.8 Å². The smallest absolute Gasteiger partial charge is 0.303 e. The summed E-state index contributed by atoms with van der Waals surface area (Å²) in [4.78, 5) is 21.9. The van der Waals surface area contributed by atoms with E-state index in [9.17, 15) is 4.79 Å². The average molecular weight is 263 g/mol. The highest BCUT2D eigenvalue weighted by Crippen LogP contribution is 2.27. The highest BCUT2D eigenvalue weighted by Gasteiger charge is 2.27. The first kappa shape index (κ1) is 13.9. The largest absolute Gasteiger partial charge is 0.481 e. The molecule has 5 heteroatoms. The monoisotopic (exact) mass is 263 g/mol. The third kappa shape index (κ3) is 3.50. The van der Waals surface area contributed by atoms with Crippen LogP contribution in [-0.4, -0.2) is 39.0 Å². The fourth-order valence-corrected chi connectivity index (χ4v) is 2.86. The number of hydrogen-bond donors (Lipinski definition) is 1. The van der Waals surface area contributed by atoms with Gasteiger partial charge in [-0.05, 0) is 39.2 Å². The molecule has 2 atom stereocenters. The highest BCUT2D eigenvalue weighted by atomic mass is 16.4.